The summed E-state index contributed by atoms with van der Waals surface area (Å²) in [5.74, 6) is -0.141. The Morgan fingerprint density at radius 2 is 1.56 bits per heavy atom. The number of carbonyl (C=O) groups excluding carboxylic acids is 1. The minimum atomic E-state index is -3.49. The molecule has 7 heteroatoms. The maximum Gasteiger partial charge on any atom is 0.251 e. The quantitative estimate of drug-likeness (QED) is 0.479. The van der Waals surface area contributed by atoms with Crippen molar-refractivity contribution in [1.29, 1.82) is 0 Å². The molecule has 0 saturated carbocycles. The van der Waals surface area contributed by atoms with Gasteiger partial charge in [-0.3, -0.25) is 9.10 Å². The summed E-state index contributed by atoms with van der Waals surface area (Å²) in [7, 11) is -3.49. The van der Waals surface area contributed by atoms with Crippen molar-refractivity contribution in [2.75, 3.05) is 30.3 Å². The average Bonchev–Trinajstić information content (AvgIpc) is 2.86. The number of amides is 1. The molecule has 4 rings (SSSR count). The van der Waals surface area contributed by atoms with Crippen molar-refractivity contribution >= 4 is 21.6 Å². The molecule has 1 N–H and O–H groups in total. The van der Waals surface area contributed by atoms with E-state index in [0.29, 0.717) is 31.0 Å². The van der Waals surface area contributed by atoms with Crippen LogP contribution in [0, 0.1) is 13.8 Å². The summed E-state index contributed by atoms with van der Waals surface area (Å²) in [6.45, 7) is 5.99. The Morgan fingerprint density at radius 3 is 2.14 bits per heavy atom. The van der Waals surface area contributed by atoms with Gasteiger partial charge in [-0.05, 0) is 73.2 Å². The molecule has 0 aliphatic carbocycles. The Kier molecular flexibility index (Phi) is 7.81. The molecule has 0 spiro atoms. The van der Waals surface area contributed by atoms with E-state index in [1.54, 1.807) is 12.1 Å². The van der Waals surface area contributed by atoms with Crippen LogP contribution in [0.5, 0.6) is 0 Å². The van der Waals surface area contributed by atoms with Gasteiger partial charge in [0.1, 0.15) is 0 Å². The number of rotatable bonds is 8. The largest absolute Gasteiger partial charge is 0.381 e. The van der Waals surface area contributed by atoms with Gasteiger partial charge < -0.3 is 10.1 Å². The third kappa shape index (κ3) is 6.15. The van der Waals surface area contributed by atoms with E-state index in [1.807, 2.05) is 62.4 Å². The summed E-state index contributed by atoms with van der Waals surface area (Å²) in [5, 5.41) is 3.13. The predicted molar refractivity (Wildman–Crippen MR) is 144 cm³/mol. The van der Waals surface area contributed by atoms with Crippen LogP contribution >= 0.6 is 0 Å². The van der Waals surface area contributed by atoms with Gasteiger partial charge in [0, 0.05) is 30.7 Å². The normalized spacial score (nSPS) is 15.3. The standard InChI is InChI=1S/C29H34N2O4S/c1-22-17-23(2)19-27(18-22)31(36(3,33)34)20-24-9-11-25(12-10-24)28(32)30-21-29(13-15-35-16-14-29)26-7-5-4-6-8-26/h4-12,17-19H,13-16,20-21H2,1-3H3,(H,30,32). The fraction of sp³-hybridized carbons (Fsp3) is 0.345. The van der Waals surface area contributed by atoms with Crippen molar-refractivity contribution in [3.8, 4) is 0 Å². The molecule has 3 aromatic carbocycles. The summed E-state index contributed by atoms with van der Waals surface area (Å²) in [4.78, 5) is 13.0. The maximum absolute atomic E-state index is 13.0. The molecule has 1 saturated heterocycles. The van der Waals surface area contributed by atoms with Crippen molar-refractivity contribution in [2.24, 2.45) is 0 Å². The van der Waals surface area contributed by atoms with E-state index < -0.39 is 10.0 Å². The number of nitrogens with zero attached hydrogens (tertiary/aromatic N) is 1. The average molecular weight is 507 g/mol. The first-order valence-electron chi connectivity index (χ1n) is 12.2. The van der Waals surface area contributed by atoms with Gasteiger partial charge in [-0.25, -0.2) is 8.42 Å². The number of benzene rings is 3. The summed E-state index contributed by atoms with van der Waals surface area (Å²) in [6, 6.07) is 23.2. The minimum absolute atomic E-state index is 0.141. The van der Waals surface area contributed by atoms with Gasteiger partial charge in [-0.15, -0.1) is 0 Å². The lowest BCUT2D eigenvalue weighted by Gasteiger charge is -2.38. The number of hydrogen-bond donors (Lipinski definition) is 1. The lowest BCUT2D eigenvalue weighted by molar-refractivity contribution is 0.0487. The fourth-order valence-electron chi connectivity index (χ4n) is 4.89. The zero-order chi connectivity index (χ0) is 25.8. The SMILES string of the molecule is Cc1cc(C)cc(N(Cc2ccc(C(=O)NCC3(c4ccccc4)CCOCC3)cc2)S(C)(=O)=O)c1. The smallest absolute Gasteiger partial charge is 0.251 e. The Morgan fingerprint density at radius 1 is 0.944 bits per heavy atom. The molecule has 3 aromatic rings. The lowest BCUT2D eigenvalue weighted by atomic mass is 9.74. The zero-order valence-corrected chi connectivity index (χ0v) is 22.0. The highest BCUT2D eigenvalue weighted by atomic mass is 32.2. The minimum Gasteiger partial charge on any atom is -0.381 e. The number of sulfonamides is 1. The number of nitrogens with one attached hydrogen (secondary N) is 1. The van der Waals surface area contributed by atoms with E-state index in [-0.39, 0.29) is 17.9 Å². The molecule has 1 heterocycles. The monoisotopic (exact) mass is 506 g/mol. The number of carbonyl (C=O) groups is 1. The van der Waals surface area contributed by atoms with Gasteiger partial charge in [0.05, 0.1) is 18.5 Å². The predicted octanol–water partition coefficient (Wildman–Crippen LogP) is 4.75. The summed E-state index contributed by atoms with van der Waals surface area (Å²) in [5.41, 5.74) is 5.08. The maximum atomic E-state index is 13.0. The topological polar surface area (TPSA) is 75.7 Å². The molecule has 0 atom stereocenters. The van der Waals surface area contributed by atoms with E-state index >= 15 is 0 Å². The first kappa shape index (κ1) is 25.9. The second kappa shape index (κ2) is 10.8. The van der Waals surface area contributed by atoms with Gasteiger partial charge in [0.2, 0.25) is 10.0 Å². The molecule has 0 unspecified atom stereocenters. The molecule has 1 fully saturated rings. The van der Waals surface area contributed by atoms with Crippen molar-refractivity contribution in [3.05, 3.63) is 101 Å². The van der Waals surface area contributed by atoms with Crippen LogP contribution in [-0.4, -0.2) is 40.3 Å². The van der Waals surface area contributed by atoms with Gasteiger partial charge in [0.15, 0.2) is 0 Å². The van der Waals surface area contributed by atoms with Crippen LogP contribution in [0.4, 0.5) is 5.69 Å². The first-order valence-corrected chi connectivity index (χ1v) is 14.1. The van der Waals surface area contributed by atoms with Crippen LogP contribution in [0.25, 0.3) is 0 Å². The summed E-state index contributed by atoms with van der Waals surface area (Å²) >= 11 is 0. The number of anilines is 1. The first-order chi connectivity index (χ1) is 17.2. The van der Waals surface area contributed by atoms with Crippen molar-refractivity contribution in [2.45, 2.75) is 38.6 Å². The Bertz CT molecular complexity index is 1280. The Labute approximate surface area is 214 Å². The third-order valence-corrected chi connectivity index (χ3v) is 8.00. The zero-order valence-electron chi connectivity index (χ0n) is 21.2. The fourth-order valence-corrected chi connectivity index (χ4v) is 5.77. The van der Waals surface area contributed by atoms with E-state index in [9.17, 15) is 13.2 Å². The van der Waals surface area contributed by atoms with Crippen LogP contribution in [0.3, 0.4) is 0 Å². The second-order valence-corrected chi connectivity index (χ2v) is 11.7. The molecule has 1 amide bonds. The molecule has 36 heavy (non-hydrogen) atoms. The number of hydrogen-bond acceptors (Lipinski definition) is 4. The van der Waals surface area contributed by atoms with Crippen LogP contribution in [-0.2, 0) is 26.7 Å². The molecular weight excluding hydrogens is 472 g/mol. The molecule has 0 bridgehead atoms. The highest BCUT2D eigenvalue weighted by Gasteiger charge is 2.34. The second-order valence-electron chi connectivity index (χ2n) is 9.75. The highest BCUT2D eigenvalue weighted by molar-refractivity contribution is 7.92. The number of ether oxygens (including phenoxy) is 1. The van der Waals surface area contributed by atoms with E-state index in [4.69, 9.17) is 4.74 Å². The highest BCUT2D eigenvalue weighted by Crippen LogP contribution is 2.34. The molecule has 0 aromatic heterocycles. The molecular formula is C29H34N2O4S. The van der Waals surface area contributed by atoms with E-state index in [0.717, 1.165) is 29.5 Å². The van der Waals surface area contributed by atoms with Gasteiger partial charge in [0.25, 0.3) is 5.91 Å². The van der Waals surface area contributed by atoms with Gasteiger partial charge >= 0.3 is 0 Å². The molecule has 1 aliphatic rings. The van der Waals surface area contributed by atoms with Crippen molar-refractivity contribution < 1.29 is 17.9 Å². The van der Waals surface area contributed by atoms with Crippen LogP contribution in [0.1, 0.15) is 45.5 Å². The van der Waals surface area contributed by atoms with Crippen LogP contribution < -0.4 is 9.62 Å². The van der Waals surface area contributed by atoms with E-state index in [1.165, 1.54) is 16.1 Å². The Balaban J connectivity index is 1.47. The molecule has 0 radical (unpaired) electrons. The third-order valence-electron chi connectivity index (χ3n) is 6.86. The van der Waals surface area contributed by atoms with Gasteiger partial charge in [-0.2, -0.15) is 0 Å². The Hall–Kier alpha value is -3.16. The molecule has 6 nitrogen and oxygen atoms in total. The van der Waals surface area contributed by atoms with Gasteiger partial charge in [-0.1, -0.05) is 48.5 Å². The molecule has 190 valence electrons. The summed E-state index contributed by atoms with van der Waals surface area (Å²) < 4.78 is 32.1. The van der Waals surface area contributed by atoms with Crippen molar-refractivity contribution in [1.82, 2.24) is 5.32 Å². The molecule has 1 aliphatic heterocycles. The van der Waals surface area contributed by atoms with E-state index in [2.05, 4.69) is 17.4 Å². The summed E-state index contributed by atoms with van der Waals surface area (Å²) in [6.07, 6.45) is 2.93. The lowest BCUT2D eigenvalue weighted by Crippen LogP contribution is -2.44. The van der Waals surface area contributed by atoms with Crippen LogP contribution in [0.2, 0.25) is 0 Å². The van der Waals surface area contributed by atoms with Crippen molar-refractivity contribution in [3.63, 3.8) is 0 Å². The number of aryl methyl sites for hydroxylation is 2. The van der Waals surface area contributed by atoms with Crippen LogP contribution in [0.15, 0.2) is 72.8 Å².